The molecule has 0 saturated carbocycles. The molecule has 0 radical (unpaired) electrons. The van der Waals surface area contributed by atoms with Crippen LogP contribution in [-0.2, 0) is 6.42 Å². The molecule has 1 atom stereocenters. The van der Waals surface area contributed by atoms with Gasteiger partial charge in [-0.05, 0) is 18.6 Å². The van der Waals surface area contributed by atoms with Gasteiger partial charge in [0.05, 0.1) is 6.04 Å². The molecule has 0 aliphatic carbocycles. The summed E-state index contributed by atoms with van der Waals surface area (Å²) in [5, 5.41) is 0. The lowest BCUT2D eigenvalue weighted by Crippen LogP contribution is -2.15. The summed E-state index contributed by atoms with van der Waals surface area (Å²) in [5.74, 6) is 1.17. The summed E-state index contributed by atoms with van der Waals surface area (Å²) < 4.78 is 41.0. The number of hydrogen-bond acceptors (Lipinski definition) is 2. The minimum Gasteiger partial charge on any atom is -0.464 e. The standard InChI is InChI=1S/C10H14F3NO/c1-2-7-3-4-9(15-7)8(14)5-6-10(11,12)13/h3-4,8H,2,5-6,14H2,1H3/t8-/m1/s1. The van der Waals surface area contributed by atoms with Crippen molar-refractivity contribution in [2.75, 3.05) is 0 Å². The minimum absolute atomic E-state index is 0.139. The second-order valence-corrected chi connectivity index (χ2v) is 3.42. The van der Waals surface area contributed by atoms with Gasteiger partial charge in [0.2, 0.25) is 0 Å². The Morgan fingerprint density at radius 1 is 1.40 bits per heavy atom. The zero-order valence-electron chi connectivity index (χ0n) is 8.47. The zero-order valence-corrected chi connectivity index (χ0v) is 8.47. The van der Waals surface area contributed by atoms with Crippen LogP contribution < -0.4 is 5.73 Å². The van der Waals surface area contributed by atoms with E-state index in [1.54, 1.807) is 12.1 Å². The molecule has 0 fully saturated rings. The summed E-state index contributed by atoms with van der Waals surface area (Å²) in [5.41, 5.74) is 5.58. The van der Waals surface area contributed by atoms with E-state index in [0.29, 0.717) is 12.2 Å². The summed E-state index contributed by atoms with van der Waals surface area (Å²) in [7, 11) is 0. The van der Waals surface area contributed by atoms with Crippen LogP contribution in [-0.4, -0.2) is 6.18 Å². The Hall–Kier alpha value is -0.970. The Bertz CT molecular complexity index is 306. The van der Waals surface area contributed by atoms with Crippen molar-refractivity contribution in [1.82, 2.24) is 0 Å². The fourth-order valence-corrected chi connectivity index (χ4v) is 1.25. The smallest absolute Gasteiger partial charge is 0.389 e. The van der Waals surface area contributed by atoms with Gasteiger partial charge in [-0.3, -0.25) is 0 Å². The van der Waals surface area contributed by atoms with Crippen LogP contribution in [0.15, 0.2) is 16.5 Å². The van der Waals surface area contributed by atoms with E-state index in [-0.39, 0.29) is 6.42 Å². The topological polar surface area (TPSA) is 39.2 Å². The molecule has 0 saturated heterocycles. The molecular weight excluding hydrogens is 207 g/mol. The highest BCUT2D eigenvalue weighted by Gasteiger charge is 2.28. The van der Waals surface area contributed by atoms with Gasteiger partial charge < -0.3 is 10.2 Å². The molecule has 0 aliphatic rings. The molecule has 1 aromatic heterocycles. The maximum Gasteiger partial charge on any atom is 0.389 e. The van der Waals surface area contributed by atoms with Crippen LogP contribution in [0.5, 0.6) is 0 Å². The van der Waals surface area contributed by atoms with E-state index in [1.165, 1.54) is 0 Å². The fraction of sp³-hybridized carbons (Fsp3) is 0.600. The third-order valence-electron chi connectivity index (χ3n) is 2.14. The molecule has 0 amide bonds. The van der Waals surface area contributed by atoms with Crippen molar-refractivity contribution in [3.63, 3.8) is 0 Å². The van der Waals surface area contributed by atoms with Crippen molar-refractivity contribution in [1.29, 1.82) is 0 Å². The van der Waals surface area contributed by atoms with E-state index in [2.05, 4.69) is 0 Å². The van der Waals surface area contributed by atoms with Gasteiger partial charge >= 0.3 is 6.18 Å². The molecule has 0 bridgehead atoms. The molecule has 0 spiro atoms. The van der Waals surface area contributed by atoms with Crippen molar-refractivity contribution in [2.45, 2.75) is 38.4 Å². The van der Waals surface area contributed by atoms with Crippen LogP contribution in [0.25, 0.3) is 0 Å². The van der Waals surface area contributed by atoms with Crippen molar-refractivity contribution in [3.8, 4) is 0 Å². The molecule has 1 rings (SSSR count). The predicted molar refractivity (Wildman–Crippen MR) is 50.3 cm³/mol. The first-order valence-corrected chi connectivity index (χ1v) is 4.83. The first-order valence-electron chi connectivity index (χ1n) is 4.83. The maximum absolute atomic E-state index is 11.9. The van der Waals surface area contributed by atoms with Gasteiger partial charge in [-0.1, -0.05) is 6.92 Å². The van der Waals surface area contributed by atoms with E-state index in [9.17, 15) is 13.2 Å². The van der Waals surface area contributed by atoms with Crippen LogP contribution in [0.2, 0.25) is 0 Å². The van der Waals surface area contributed by atoms with Crippen LogP contribution in [0.3, 0.4) is 0 Å². The molecule has 0 aromatic carbocycles. The fourth-order valence-electron chi connectivity index (χ4n) is 1.25. The zero-order chi connectivity index (χ0) is 11.5. The predicted octanol–water partition coefficient (Wildman–Crippen LogP) is 3.18. The van der Waals surface area contributed by atoms with Gasteiger partial charge in [-0.25, -0.2) is 0 Å². The highest BCUT2D eigenvalue weighted by atomic mass is 19.4. The third-order valence-corrected chi connectivity index (χ3v) is 2.14. The number of furan rings is 1. The number of rotatable bonds is 4. The molecule has 15 heavy (non-hydrogen) atoms. The average molecular weight is 221 g/mol. The maximum atomic E-state index is 11.9. The summed E-state index contributed by atoms with van der Waals surface area (Å²) in [4.78, 5) is 0. The van der Waals surface area contributed by atoms with Crippen LogP contribution >= 0.6 is 0 Å². The van der Waals surface area contributed by atoms with Gasteiger partial charge in [0, 0.05) is 12.8 Å². The van der Waals surface area contributed by atoms with Gasteiger partial charge in [-0.15, -0.1) is 0 Å². The summed E-state index contributed by atoms with van der Waals surface area (Å²) in [6, 6.07) is 2.70. The van der Waals surface area contributed by atoms with Crippen LogP contribution in [0.4, 0.5) is 13.2 Å². The second-order valence-electron chi connectivity index (χ2n) is 3.42. The Morgan fingerprint density at radius 2 is 2.07 bits per heavy atom. The number of alkyl halides is 3. The highest BCUT2D eigenvalue weighted by Crippen LogP contribution is 2.27. The number of hydrogen-bond donors (Lipinski definition) is 1. The third kappa shape index (κ3) is 3.95. The lowest BCUT2D eigenvalue weighted by molar-refractivity contribution is -0.136. The summed E-state index contributed by atoms with van der Waals surface area (Å²) in [6.45, 7) is 1.91. The summed E-state index contributed by atoms with van der Waals surface area (Å²) >= 11 is 0. The average Bonchev–Trinajstić information content (AvgIpc) is 2.61. The molecule has 1 heterocycles. The second kappa shape index (κ2) is 4.70. The Kier molecular flexibility index (Phi) is 3.79. The molecule has 0 unspecified atom stereocenters. The Labute approximate surface area is 86.3 Å². The number of halogens is 3. The lowest BCUT2D eigenvalue weighted by Gasteiger charge is -2.10. The van der Waals surface area contributed by atoms with E-state index >= 15 is 0 Å². The molecule has 2 N–H and O–H groups in total. The normalized spacial score (nSPS) is 14.2. The molecule has 2 nitrogen and oxygen atoms in total. The van der Waals surface area contributed by atoms with Gasteiger partial charge in [0.25, 0.3) is 0 Å². The molecular formula is C10H14F3NO. The van der Waals surface area contributed by atoms with Crippen molar-refractivity contribution < 1.29 is 17.6 Å². The van der Waals surface area contributed by atoms with Gasteiger partial charge in [-0.2, -0.15) is 13.2 Å². The lowest BCUT2D eigenvalue weighted by atomic mass is 10.1. The van der Waals surface area contributed by atoms with Gasteiger partial charge in [0.1, 0.15) is 11.5 Å². The van der Waals surface area contributed by atoms with E-state index in [0.717, 1.165) is 5.76 Å². The van der Waals surface area contributed by atoms with Gasteiger partial charge in [0.15, 0.2) is 0 Å². The van der Waals surface area contributed by atoms with E-state index in [4.69, 9.17) is 10.2 Å². The molecule has 5 heteroatoms. The van der Waals surface area contributed by atoms with E-state index < -0.39 is 18.6 Å². The molecule has 86 valence electrons. The number of nitrogens with two attached hydrogens (primary N) is 1. The Morgan fingerprint density at radius 3 is 2.53 bits per heavy atom. The first kappa shape index (κ1) is 12.1. The van der Waals surface area contributed by atoms with Crippen LogP contribution in [0.1, 0.15) is 37.3 Å². The van der Waals surface area contributed by atoms with Crippen LogP contribution in [0, 0.1) is 0 Å². The van der Waals surface area contributed by atoms with Crippen molar-refractivity contribution in [2.24, 2.45) is 5.73 Å². The Balaban J connectivity index is 2.50. The first-order chi connectivity index (χ1) is 6.92. The number of aryl methyl sites for hydroxylation is 1. The highest BCUT2D eigenvalue weighted by molar-refractivity contribution is 5.10. The summed E-state index contributed by atoms with van der Waals surface area (Å²) in [6.07, 6.45) is -4.46. The SMILES string of the molecule is CCc1ccc([C@H](N)CCC(F)(F)F)o1. The monoisotopic (exact) mass is 221 g/mol. The van der Waals surface area contributed by atoms with Crippen molar-refractivity contribution in [3.05, 3.63) is 23.7 Å². The molecule has 1 aromatic rings. The largest absolute Gasteiger partial charge is 0.464 e. The molecule has 0 aliphatic heterocycles. The quantitative estimate of drug-likeness (QED) is 0.848. The minimum atomic E-state index is -4.15. The van der Waals surface area contributed by atoms with Crippen molar-refractivity contribution >= 4 is 0 Å². The van der Waals surface area contributed by atoms with E-state index in [1.807, 2.05) is 6.92 Å².